The van der Waals surface area contributed by atoms with Crippen molar-refractivity contribution in [3.05, 3.63) is 33.0 Å². The third-order valence-corrected chi connectivity index (χ3v) is 4.08. The Morgan fingerprint density at radius 1 is 1.00 bits per heavy atom. The van der Waals surface area contributed by atoms with Crippen LogP contribution in [0.15, 0.2) is 22.4 Å². The Kier molecular flexibility index (Phi) is 7.44. The molecule has 0 aromatic carbocycles. The van der Waals surface area contributed by atoms with Crippen LogP contribution in [0.2, 0.25) is 0 Å². The summed E-state index contributed by atoms with van der Waals surface area (Å²) >= 11 is 0. The van der Waals surface area contributed by atoms with Gasteiger partial charge in [-0.1, -0.05) is 22.4 Å². The number of azide groups is 2. The smallest absolute Gasteiger partial charge is 0.303 e. The molecule has 146 valence electrons. The molecule has 12 heteroatoms. The number of hydrogen-bond acceptors (Lipinski definition) is 8. The van der Waals surface area contributed by atoms with E-state index in [9.17, 15) is 9.59 Å². The molecule has 0 spiro atoms. The van der Waals surface area contributed by atoms with Gasteiger partial charge in [0.2, 0.25) is 0 Å². The lowest BCUT2D eigenvalue weighted by molar-refractivity contribution is -0.229. The van der Waals surface area contributed by atoms with Gasteiger partial charge in [-0.15, -0.1) is 0 Å². The van der Waals surface area contributed by atoms with Crippen molar-refractivity contribution in [3.8, 4) is 0 Å². The molecule has 0 aromatic rings. The molecule has 0 amide bonds. The molecule has 1 aliphatic heterocycles. The molecule has 12 nitrogen and oxygen atoms in total. The molecule has 1 aliphatic carbocycles. The molecule has 2 aliphatic rings. The summed E-state index contributed by atoms with van der Waals surface area (Å²) in [5.41, 5.74) is 17.7. The van der Waals surface area contributed by atoms with Gasteiger partial charge in [0.25, 0.3) is 0 Å². The summed E-state index contributed by atoms with van der Waals surface area (Å²) in [4.78, 5) is 28.7. The fourth-order valence-electron chi connectivity index (χ4n) is 3.11. The highest BCUT2D eigenvalue weighted by Crippen LogP contribution is 2.33. The maximum Gasteiger partial charge on any atom is 0.303 e. The van der Waals surface area contributed by atoms with Gasteiger partial charge in [0.05, 0.1) is 18.7 Å². The molecule has 27 heavy (non-hydrogen) atoms. The molecule has 0 radical (unpaired) electrons. The first-order valence-corrected chi connectivity index (χ1v) is 8.31. The van der Waals surface area contributed by atoms with Gasteiger partial charge in [-0.25, -0.2) is 0 Å². The minimum atomic E-state index is -1.14. The highest BCUT2D eigenvalue weighted by molar-refractivity contribution is 5.67. The first kappa shape index (κ1) is 20.5. The fraction of sp³-hybridized carbons (Fsp3) is 0.733. The van der Waals surface area contributed by atoms with Crippen LogP contribution in [0.5, 0.6) is 0 Å². The Morgan fingerprint density at radius 3 is 2.11 bits per heavy atom. The molecule has 1 unspecified atom stereocenters. The molecule has 2 rings (SSSR count). The fourth-order valence-corrected chi connectivity index (χ4v) is 3.11. The molecule has 1 saturated carbocycles. The van der Waals surface area contributed by atoms with Crippen molar-refractivity contribution in [1.82, 2.24) is 0 Å². The highest BCUT2D eigenvalue weighted by Gasteiger charge is 2.50. The topological polar surface area (TPSA) is 169 Å². The van der Waals surface area contributed by atoms with Gasteiger partial charge in [-0.3, -0.25) is 9.59 Å². The monoisotopic (exact) mass is 380 g/mol. The molecular formula is C15H20N6O6. The van der Waals surface area contributed by atoms with Crippen molar-refractivity contribution in [1.29, 1.82) is 0 Å². The second kappa shape index (κ2) is 9.79. The second-order valence-corrected chi connectivity index (χ2v) is 6.00. The Balaban J connectivity index is 2.39. The normalized spacial score (nSPS) is 32.5. The predicted octanol–water partition coefficient (Wildman–Crippen LogP) is 2.30. The molecule has 1 fully saturated rings. The minimum Gasteiger partial charge on any atom is -0.458 e. The number of ether oxygens (including phenoxy) is 4. The average Bonchev–Trinajstić information content (AvgIpc) is 2.61. The van der Waals surface area contributed by atoms with Crippen molar-refractivity contribution in [2.24, 2.45) is 10.2 Å². The largest absolute Gasteiger partial charge is 0.458 e. The summed E-state index contributed by atoms with van der Waals surface area (Å²) in [6, 6.07) is -1.72. The summed E-state index contributed by atoms with van der Waals surface area (Å²) < 4.78 is 22.0. The second-order valence-electron chi connectivity index (χ2n) is 6.00. The van der Waals surface area contributed by atoms with E-state index in [0.29, 0.717) is 13.0 Å². The van der Waals surface area contributed by atoms with E-state index in [0.717, 1.165) is 0 Å². The number of carbonyl (C=O) groups excluding carboxylic acids is 2. The van der Waals surface area contributed by atoms with Crippen LogP contribution in [0.3, 0.4) is 0 Å². The molecular weight excluding hydrogens is 360 g/mol. The zero-order chi connectivity index (χ0) is 19.8. The summed E-state index contributed by atoms with van der Waals surface area (Å²) in [6.45, 7) is 2.71. The van der Waals surface area contributed by atoms with Crippen molar-refractivity contribution in [2.45, 2.75) is 63.4 Å². The zero-order valence-corrected chi connectivity index (χ0v) is 14.9. The average molecular weight is 380 g/mol. The van der Waals surface area contributed by atoms with Crippen LogP contribution in [0.25, 0.3) is 20.9 Å². The van der Waals surface area contributed by atoms with Crippen LogP contribution in [-0.2, 0) is 28.5 Å². The number of esters is 2. The van der Waals surface area contributed by atoms with E-state index in [1.807, 2.05) is 12.2 Å². The summed E-state index contributed by atoms with van der Waals surface area (Å²) in [5, 5.41) is 7.32. The van der Waals surface area contributed by atoms with E-state index in [1.54, 1.807) is 0 Å². The van der Waals surface area contributed by atoms with Crippen molar-refractivity contribution in [3.63, 3.8) is 0 Å². The Hall–Kier alpha value is -2.78. The van der Waals surface area contributed by atoms with Gasteiger partial charge in [0.1, 0.15) is 12.2 Å². The Morgan fingerprint density at radius 2 is 1.59 bits per heavy atom. The van der Waals surface area contributed by atoms with Gasteiger partial charge in [0, 0.05) is 30.1 Å². The molecule has 6 atom stereocenters. The van der Waals surface area contributed by atoms with Gasteiger partial charge in [-0.05, 0) is 17.5 Å². The van der Waals surface area contributed by atoms with Crippen LogP contribution in [-0.4, -0.2) is 55.2 Å². The summed E-state index contributed by atoms with van der Waals surface area (Å²) in [6.07, 6.45) is 0.374. The Labute approximate surface area is 154 Å². The van der Waals surface area contributed by atoms with E-state index in [2.05, 4.69) is 20.1 Å². The molecule has 0 aromatic heterocycles. The zero-order valence-electron chi connectivity index (χ0n) is 14.9. The van der Waals surface area contributed by atoms with Gasteiger partial charge in [0.15, 0.2) is 12.4 Å². The van der Waals surface area contributed by atoms with Crippen LogP contribution >= 0.6 is 0 Å². The molecule has 1 heterocycles. The minimum absolute atomic E-state index is 0.0526. The van der Waals surface area contributed by atoms with Gasteiger partial charge >= 0.3 is 11.9 Å². The van der Waals surface area contributed by atoms with Crippen LogP contribution in [0.1, 0.15) is 26.7 Å². The number of hydrogen-bond donors (Lipinski definition) is 0. The third kappa shape index (κ3) is 5.60. The van der Waals surface area contributed by atoms with E-state index in [1.165, 1.54) is 13.8 Å². The van der Waals surface area contributed by atoms with Crippen molar-refractivity contribution < 1.29 is 28.5 Å². The Bertz CT molecular complexity index is 686. The SMILES string of the molecule is CC(=O)O[C@@H]1[C@@H](OC(C)=O)[C@H](N=[N+]=[N-])C[C@H](N=[N+]=[N-])[C@H]1OC1CC=CCO1. The van der Waals surface area contributed by atoms with E-state index < -0.39 is 48.6 Å². The summed E-state index contributed by atoms with van der Waals surface area (Å²) in [5.74, 6) is -1.30. The van der Waals surface area contributed by atoms with Gasteiger partial charge in [-0.2, -0.15) is 0 Å². The third-order valence-electron chi connectivity index (χ3n) is 4.08. The maximum absolute atomic E-state index is 11.6. The van der Waals surface area contributed by atoms with Crippen LogP contribution in [0.4, 0.5) is 0 Å². The standard InChI is InChI=1S/C15H20N6O6/c1-8(22)25-13-10(18-20-16)7-11(19-21-17)14(15(13)26-9(2)23)27-12-5-3-4-6-24-12/h3-4,10-15H,5-7H2,1-2H3/t10-,11+,12?,13+,14-,15-/m1/s1. The van der Waals surface area contributed by atoms with Crippen molar-refractivity contribution in [2.75, 3.05) is 6.61 Å². The molecule has 0 saturated heterocycles. The number of carbonyl (C=O) groups is 2. The lowest BCUT2D eigenvalue weighted by Gasteiger charge is -2.43. The number of rotatable bonds is 6. The predicted molar refractivity (Wildman–Crippen MR) is 90.0 cm³/mol. The van der Waals surface area contributed by atoms with E-state index in [-0.39, 0.29) is 6.42 Å². The summed E-state index contributed by atoms with van der Waals surface area (Å²) in [7, 11) is 0. The lowest BCUT2D eigenvalue weighted by Crippen LogP contribution is -2.59. The van der Waals surface area contributed by atoms with Crippen molar-refractivity contribution >= 4 is 11.9 Å². The van der Waals surface area contributed by atoms with Gasteiger partial charge < -0.3 is 18.9 Å². The van der Waals surface area contributed by atoms with E-state index in [4.69, 9.17) is 30.0 Å². The molecule has 0 N–H and O–H groups in total. The lowest BCUT2D eigenvalue weighted by atomic mass is 9.84. The number of nitrogens with zero attached hydrogens (tertiary/aromatic N) is 6. The maximum atomic E-state index is 11.6. The first-order chi connectivity index (χ1) is 13.0. The quantitative estimate of drug-likeness (QED) is 0.225. The van der Waals surface area contributed by atoms with Crippen LogP contribution in [0, 0.1) is 0 Å². The molecule has 0 bridgehead atoms. The van der Waals surface area contributed by atoms with E-state index >= 15 is 0 Å². The highest BCUT2D eigenvalue weighted by atomic mass is 16.7. The first-order valence-electron chi connectivity index (χ1n) is 8.31. The van der Waals surface area contributed by atoms with Crippen LogP contribution < -0.4 is 0 Å².